The Balaban J connectivity index is 1.61. The molecule has 4 rings (SSSR count). The normalized spacial score (nSPS) is 14.7. The molecule has 3 aromatic carbocycles. The number of aryl methyl sites for hydroxylation is 2. The van der Waals surface area contributed by atoms with Crippen LogP contribution in [0, 0.1) is 0 Å². The lowest BCUT2D eigenvalue weighted by atomic mass is 9.89. The highest BCUT2D eigenvalue weighted by molar-refractivity contribution is 6.33. The lowest BCUT2D eigenvalue weighted by molar-refractivity contribution is -0.116. The number of carbonyl (C=O) groups excluding carboxylic acids is 1. The first-order valence-electron chi connectivity index (χ1n) is 10.6. The molecule has 0 fully saturated rings. The fourth-order valence-electron chi connectivity index (χ4n) is 4.03. The first kappa shape index (κ1) is 20.4. The van der Waals surface area contributed by atoms with E-state index in [0.717, 1.165) is 29.5 Å². The highest BCUT2D eigenvalue weighted by Gasteiger charge is 2.18. The number of hydrogen-bond donors (Lipinski definition) is 1. The van der Waals surface area contributed by atoms with Crippen LogP contribution in [-0.4, -0.2) is 5.91 Å². The Morgan fingerprint density at radius 3 is 2.40 bits per heavy atom. The average Bonchev–Trinajstić information content (AvgIpc) is 2.78. The Bertz CT molecular complexity index is 1070. The van der Waals surface area contributed by atoms with E-state index >= 15 is 0 Å². The minimum absolute atomic E-state index is 0.0805. The van der Waals surface area contributed by atoms with Gasteiger partial charge in [0.15, 0.2) is 0 Å². The van der Waals surface area contributed by atoms with E-state index in [1.807, 2.05) is 67.6 Å². The van der Waals surface area contributed by atoms with Gasteiger partial charge in [-0.1, -0.05) is 78.3 Å². The average molecular weight is 416 g/mol. The van der Waals surface area contributed by atoms with Gasteiger partial charge in [-0.15, -0.1) is 0 Å². The lowest BCUT2D eigenvalue weighted by Crippen LogP contribution is -2.27. The van der Waals surface area contributed by atoms with E-state index in [1.165, 1.54) is 24.0 Å². The number of carbonyl (C=O) groups is 1. The van der Waals surface area contributed by atoms with Gasteiger partial charge in [0.2, 0.25) is 0 Å². The zero-order valence-electron chi connectivity index (χ0n) is 17.2. The molecule has 1 aliphatic rings. The minimum atomic E-state index is -0.105. The maximum atomic E-state index is 13.3. The molecular weight excluding hydrogens is 390 g/mol. The SMILES string of the molecule is CC(NC(=O)/C(=C/c1ccccc1Cl)c1ccccc1)c1ccc2c(c1)CCCC2. The van der Waals surface area contributed by atoms with E-state index in [2.05, 4.69) is 23.5 Å². The van der Waals surface area contributed by atoms with E-state index in [-0.39, 0.29) is 11.9 Å². The van der Waals surface area contributed by atoms with Crippen LogP contribution in [0.3, 0.4) is 0 Å². The van der Waals surface area contributed by atoms with E-state index < -0.39 is 0 Å². The fourth-order valence-corrected chi connectivity index (χ4v) is 4.22. The van der Waals surface area contributed by atoms with Crippen LogP contribution in [-0.2, 0) is 17.6 Å². The molecule has 0 spiro atoms. The summed E-state index contributed by atoms with van der Waals surface area (Å²) in [4.78, 5) is 13.3. The molecule has 0 bridgehead atoms. The monoisotopic (exact) mass is 415 g/mol. The Morgan fingerprint density at radius 1 is 0.933 bits per heavy atom. The van der Waals surface area contributed by atoms with Gasteiger partial charge in [0, 0.05) is 10.6 Å². The molecule has 3 aromatic rings. The van der Waals surface area contributed by atoms with Gasteiger partial charge < -0.3 is 5.32 Å². The third-order valence-electron chi connectivity index (χ3n) is 5.75. The second-order valence-electron chi connectivity index (χ2n) is 7.88. The number of hydrogen-bond acceptors (Lipinski definition) is 1. The molecular formula is C27H26ClNO. The van der Waals surface area contributed by atoms with E-state index in [0.29, 0.717) is 10.6 Å². The quantitative estimate of drug-likeness (QED) is 0.367. The van der Waals surface area contributed by atoms with Crippen molar-refractivity contribution in [2.75, 3.05) is 0 Å². The summed E-state index contributed by atoms with van der Waals surface area (Å²) < 4.78 is 0. The van der Waals surface area contributed by atoms with Gasteiger partial charge >= 0.3 is 0 Å². The summed E-state index contributed by atoms with van der Waals surface area (Å²) in [5.41, 5.74) is 6.33. The number of halogens is 1. The first-order valence-corrected chi connectivity index (χ1v) is 10.9. The van der Waals surface area contributed by atoms with Gasteiger partial charge in [-0.3, -0.25) is 4.79 Å². The summed E-state index contributed by atoms with van der Waals surface area (Å²) in [7, 11) is 0. The van der Waals surface area contributed by atoms with E-state index in [1.54, 1.807) is 0 Å². The van der Waals surface area contributed by atoms with Gasteiger partial charge in [0.05, 0.1) is 6.04 Å². The molecule has 0 heterocycles. The van der Waals surface area contributed by atoms with Crippen LogP contribution in [0.1, 0.15) is 53.6 Å². The standard InChI is InChI=1S/C27H26ClNO/c1-19(22-16-15-20-9-5-6-12-23(20)17-22)29-27(30)25(21-10-3-2-4-11-21)18-24-13-7-8-14-26(24)28/h2-4,7-8,10-11,13-19H,5-6,9,12H2,1H3,(H,29,30)/b25-18+. The molecule has 1 atom stereocenters. The predicted octanol–water partition coefficient (Wildman–Crippen LogP) is 6.64. The zero-order valence-corrected chi connectivity index (χ0v) is 18.0. The lowest BCUT2D eigenvalue weighted by Gasteiger charge is -2.20. The van der Waals surface area contributed by atoms with Crippen molar-refractivity contribution in [3.63, 3.8) is 0 Å². The van der Waals surface area contributed by atoms with Crippen molar-refractivity contribution in [2.24, 2.45) is 0 Å². The summed E-state index contributed by atoms with van der Waals surface area (Å²) in [6, 6.07) is 23.9. The van der Waals surface area contributed by atoms with Crippen molar-refractivity contribution in [3.05, 3.63) is 106 Å². The van der Waals surface area contributed by atoms with Gasteiger partial charge in [0.25, 0.3) is 5.91 Å². The van der Waals surface area contributed by atoms with Crippen molar-refractivity contribution in [3.8, 4) is 0 Å². The topological polar surface area (TPSA) is 29.1 Å². The third-order valence-corrected chi connectivity index (χ3v) is 6.10. The van der Waals surface area contributed by atoms with Crippen LogP contribution < -0.4 is 5.32 Å². The molecule has 0 saturated heterocycles. The molecule has 0 saturated carbocycles. The molecule has 2 nitrogen and oxygen atoms in total. The van der Waals surface area contributed by atoms with Gasteiger partial charge in [-0.25, -0.2) is 0 Å². The molecule has 30 heavy (non-hydrogen) atoms. The summed E-state index contributed by atoms with van der Waals surface area (Å²) in [6.07, 6.45) is 6.68. The third kappa shape index (κ3) is 4.66. The summed E-state index contributed by atoms with van der Waals surface area (Å²) in [5.74, 6) is -0.105. The highest BCUT2D eigenvalue weighted by Crippen LogP contribution is 2.27. The smallest absolute Gasteiger partial charge is 0.252 e. The van der Waals surface area contributed by atoms with Gasteiger partial charge in [-0.2, -0.15) is 0 Å². The molecule has 1 N–H and O–H groups in total. The molecule has 0 aromatic heterocycles. The maximum absolute atomic E-state index is 13.3. The predicted molar refractivity (Wildman–Crippen MR) is 125 cm³/mol. The maximum Gasteiger partial charge on any atom is 0.252 e. The Morgan fingerprint density at radius 2 is 1.63 bits per heavy atom. The molecule has 0 aliphatic heterocycles. The number of rotatable bonds is 5. The Hall–Kier alpha value is -2.84. The minimum Gasteiger partial charge on any atom is -0.345 e. The summed E-state index contributed by atoms with van der Waals surface area (Å²) in [5, 5.41) is 3.82. The Labute approximate surface area is 183 Å². The molecule has 1 unspecified atom stereocenters. The van der Waals surface area contributed by atoms with Gasteiger partial charge in [-0.05, 0) is 72.6 Å². The van der Waals surface area contributed by atoms with Crippen LogP contribution in [0.15, 0.2) is 72.8 Å². The highest BCUT2D eigenvalue weighted by atomic mass is 35.5. The second kappa shape index (κ2) is 9.32. The Kier molecular flexibility index (Phi) is 6.35. The van der Waals surface area contributed by atoms with Crippen LogP contribution in [0.4, 0.5) is 0 Å². The van der Waals surface area contributed by atoms with Gasteiger partial charge in [0.1, 0.15) is 0 Å². The van der Waals surface area contributed by atoms with E-state index in [9.17, 15) is 4.79 Å². The van der Waals surface area contributed by atoms with Crippen LogP contribution >= 0.6 is 11.6 Å². The largest absolute Gasteiger partial charge is 0.345 e. The number of amides is 1. The summed E-state index contributed by atoms with van der Waals surface area (Å²) in [6.45, 7) is 2.04. The van der Waals surface area contributed by atoms with Crippen molar-refractivity contribution in [2.45, 2.75) is 38.6 Å². The fraction of sp³-hybridized carbons (Fsp3) is 0.222. The van der Waals surface area contributed by atoms with Crippen molar-refractivity contribution in [1.82, 2.24) is 5.32 Å². The number of fused-ring (bicyclic) bond motifs is 1. The molecule has 1 aliphatic carbocycles. The van der Waals surface area contributed by atoms with Crippen molar-refractivity contribution < 1.29 is 4.79 Å². The van der Waals surface area contributed by atoms with Crippen molar-refractivity contribution in [1.29, 1.82) is 0 Å². The van der Waals surface area contributed by atoms with Crippen LogP contribution in [0.25, 0.3) is 11.6 Å². The number of benzene rings is 3. The molecule has 1 amide bonds. The summed E-state index contributed by atoms with van der Waals surface area (Å²) >= 11 is 6.35. The second-order valence-corrected chi connectivity index (χ2v) is 8.28. The van der Waals surface area contributed by atoms with E-state index in [4.69, 9.17) is 11.6 Å². The molecule has 0 radical (unpaired) electrons. The van der Waals surface area contributed by atoms with Crippen LogP contribution in [0.2, 0.25) is 5.02 Å². The van der Waals surface area contributed by atoms with Crippen LogP contribution in [0.5, 0.6) is 0 Å². The van der Waals surface area contributed by atoms with Crippen molar-refractivity contribution >= 4 is 29.2 Å². The molecule has 152 valence electrons. The molecule has 3 heteroatoms. The number of nitrogens with one attached hydrogen (secondary N) is 1. The first-order chi connectivity index (χ1) is 14.6. The zero-order chi connectivity index (χ0) is 20.9.